The molecule has 0 amide bonds. The molecule has 14 heavy (non-hydrogen) atoms. The minimum absolute atomic E-state index is 0.0380. The summed E-state index contributed by atoms with van der Waals surface area (Å²) >= 11 is 0. The summed E-state index contributed by atoms with van der Waals surface area (Å²) in [7, 11) is 0. The van der Waals surface area contributed by atoms with Crippen LogP contribution in [-0.2, 0) is 9.53 Å². The number of hydrogen-bond donors (Lipinski definition) is 0. The van der Waals surface area contributed by atoms with Crippen molar-refractivity contribution in [3.8, 4) is 0 Å². The van der Waals surface area contributed by atoms with Crippen LogP contribution in [0.15, 0.2) is 0 Å². The smallest absolute Gasteiger partial charge is 0.305 e. The van der Waals surface area contributed by atoms with E-state index in [0.29, 0.717) is 13.0 Å². The van der Waals surface area contributed by atoms with E-state index in [-0.39, 0.29) is 5.97 Å². The van der Waals surface area contributed by atoms with Crippen molar-refractivity contribution in [3.63, 3.8) is 0 Å². The van der Waals surface area contributed by atoms with Gasteiger partial charge < -0.3 is 4.74 Å². The van der Waals surface area contributed by atoms with Crippen LogP contribution in [0.2, 0.25) is 0 Å². The van der Waals surface area contributed by atoms with Gasteiger partial charge in [-0.1, -0.05) is 46.0 Å². The molecule has 0 spiro atoms. The Morgan fingerprint density at radius 2 is 1.79 bits per heavy atom. The molecule has 0 unspecified atom stereocenters. The lowest BCUT2D eigenvalue weighted by Crippen LogP contribution is -2.04. The van der Waals surface area contributed by atoms with Gasteiger partial charge in [0.25, 0.3) is 0 Å². The molecule has 0 aliphatic heterocycles. The summed E-state index contributed by atoms with van der Waals surface area (Å²) in [6, 6.07) is 0. The van der Waals surface area contributed by atoms with E-state index in [9.17, 15) is 4.79 Å². The van der Waals surface area contributed by atoms with Crippen LogP contribution >= 0.6 is 0 Å². The van der Waals surface area contributed by atoms with Gasteiger partial charge in [0.15, 0.2) is 0 Å². The average molecular weight is 199 g/mol. The second kappa shape index (κ2) is 10.6. The second-order valence-electron chi connectivity index (χ2n) is 3.59. The maximum Gasteiger partial charge on any atom is 0.305 e. The van der Waals surface area contributed by atoms with Gasteiger partial charge >= 0.3 is 5.97 Å². The molecule has 1 radical (unpaired) electrons. The fourth-order valence-electron chi connectivity index (χ4n) is 1.26. The van der Waals surface area contributed by atoms with E-state index in [1.54, 1.807) is 0 Å². The minimum Gasteiger partial charge on any atom is -0.466 e. The average Bonchev–Trinajstić information content (AvgIpc) is 2.20. The van der Waals surface area contributed by atoms with E-state index < -0.39 is 0 Å². The van der Waals surface area contributed by atoms with Crippen LogP contribution in [0.1, 0.15) is 58.3 Å². The van der Waals surface area contributed by atoms with Crippen molar-refractivity contribution >= 4 is 5.97 Å². The van der Waals surface area contributed by atoms with Gasteiger partial charge in [-0.2, -0.15) is 0 Å². The van der Waals surface area contributed by atoms with Crippen molar-refractivity contribution < 1.29 is 9.53 Å². The van der Waals surface area contributed by atoms with Gasteiger partial charge in [-0.3, -0.25) is 4.79 Å². The molecule has 2 heteroatoms. The van der Waals surface area contributed by atoms with Gasteiger partial charge in [-0.15, -0.1) is 0 Å². The van der Waals surface area contributed by atoms with Gasteiger partial charge in [0.2, 0.25) is 0 Å². The van der Waals surface area contributed by atoms with E-state index in [1.807, 2.05) is 6.92 Å². The number of hydrogen-bond acceptors (Lipinski definition) is 2. The molecule has 0 aromatic rings. The molecule has 0 rings (SSSR count). The molecule has 0 atom stereocenters. The Kier molecular flexibility index (Phi) is 10.2. The second-order valence-corrected chi connectivity index (χ2v) is 3.59. The molecule has 2 nitrogen and oxygen atoms in total. The van der Waals surface area contributed by atoms with Gasteiger partial charge in [0.05, 0.1) is 6.61 Å². The Balaban J connectivity index is 3.07. The van der Waals surface area contributed by atoms with Crippen molar-refractivity contribution in [1.82, 2.24) is 0 Å². The number of carbonyl (C=O) groups excluding carboxylic acids is 1. The standard InChI is InChI=1S/C12H23O2/c1-3-5-6-7-8-9-10-12(13)14-11-4-2/h1,3-11H2,2H3. The molecule has 0 bridgehead atoms. The van der Waals surface area contributed by atoms with Crippen LogP contribution in [0, 0.1) is 6.92 Å². The highest BCUT2D eigenvalue weighted by atomic mass is 16.5. The highest BCUT2D eigenvalue weighted by molar-refractivity contribution is 5.69. The van der Waals surface area contributed by atoms with E-state index in [4.69, 9.17) is 4.74 Å². The number of unbranched alkanes of at least 4 members (excludes halogenated alkanes) is 5. The molecule has 0 aliphatic carbocycles. The maximum atomic E-state index is 11.1. The summed E-state index contributed by atoms with van der Waals surface area (Å²) < 4.78 is 4.97. The van der Waals surface area contributed by atoms with Crippen LogP contribution in [-0.4, -0.2) is 12.6 Å². The van der Waals surface area contributed by atoms with Crippen molar-refractivity contribution in [3.05, 3.63) is 6.92 Å². The third kappa shape index (κ3) is 9.56. The molecular formula is C12H23O2. The zero-order chi connectivity index (χ0) is 10.6. The van der Waals surface area contributed by atoms with Crippen molar-refractivity contribution in [2.75, 3.05) is 6.61 Å². The topological polar surface area (TPSA) is 26.3 Å². The SMILES string of the molecule is [CH2]CCCCCCCC(=O)OCCC. The molecule has 0 aromatic carbocycles. The monoisotopic (exact) mass is 199 g/mol. The van der Waals surface area contributed by atoms with Gasteiger partial charge in [0.1, 0.15) is 0 Å². The third-order valence-electron chi connectivity index (χ3n) is 2.10. The normalized spacial score (nSPS) is 10.1. The molecular weight excluding hydrogens is 176 g/mol. The first-order valence-electron chi connectivity index (χ1n) is 5.76. The highest BCUT2D eigenvalue weighted by Gasteiger charge is 2.00. The van der Waals surface area contributed by atoms with Gasteiger partial charge in [0, 0.05) is 6.42 Å². The summed E-state index contributed by atoms with van der Waals surface area (Å²) in [5, 5.41) is 0. The molecule has 0 saturated heterocycles. The Bertz CT molecular complexity index is 132. The minimum atomic E-state index is -0.0380. The van der Waals surface area contributed by atoms with Crippen molar-refractivity contribution in [1.29, 1.82) is 0 Å². The number of rotatable bonds is 9. The lowest BCUT2D eigenvalue weighted by atomic mass is 10.1. The number of esters is 1. The largest absolute Gasteiger partial charge is 0.466 e. The van der Waals surface area contributed by atoms with Crippen LogP contribution in [0.25, 0.3) is 0 Å². The van der Waals surface area contributed by atoms with Gasteiger partial charge in [-0.05, 0) is 12.8 Å². The van der Waals surface area contributed by atoms with E-state index in [1.165, 1.54) is 19.3 Å². The van der Waals surface area contributed by atoms with Crippen LogP contribution in [0.4, 0.5) is 0 Å². The third-order valence-corrected chi connectivity index (χ3v) is 2.10. The lowest BCUT2D eigenvalue weighted by molar-refractivity contribution is -0.143. The summed E-state index contributed by atoms with van der Waals surface area (Å²) in [4.78, 5) is 11.1. The van der Waals surface area contributed by atoms with Crippen LogP contribution in [0.3, 0.4) is 0 Å². The number of ether oxygens (including phenoxy) is 1. The molecule has 0 heterocycles. The van der Waals surface area contributed by atoms with Crippen molar-refractivity contribution in [2.24, 2.45) is 0 Å². The summed E-state index contributed by atoms with van der Waals surface area (Å²) in [6.07, 6.45) is 8.31. The first kappa shape index (κ1) is 13.5. The predicted molar refractivity (Wildman–Crippen MR) is 58.9 cm³/mol. The zero-order valence-electron chi connectivity index (χ0n) is 9.39. The summed E-state index contributed by atoms with van der Waals surface area (Å²) in [6.45, 7) is 6.37. The molecule has 0 N–H and O–H groups in total. The summed E-state index contributed by atoms with van der Waals surface area (Å²) in [5.41, 5.74) is 0. The molecule has 83 valence electrons. The van der Waals surface area contributed by atoms with E-state index >= 15 is 0 Å². The fourth-order valence-corrected chi connectivity index (χ4v) is 1.26. The van der Waals surface area contributed by atoms with Crippen LogP contribution < -0.4 is 0 Å². The predicted octanol–water partition coefficient (Wildman–Crippen LogP) is 3.50. The van der Waals surface area contributed by atoms with E-state index in [2.05, 4.69) is 6.92 Å². The molecule has 0 fully saturated rings. The first-order chi connectivity index (χ1) is 6.81. The fraction of sp³-hybridized carbons (Fsp3) is 0.833. The number of carbonyl (C=O) groups is 1. The van der Waals surface area contributed by atoms with Crippen LogP contribution in [0.5, 0.6) is 0 Å². The zero-order valence-corrected chi connectivity index (χ0v) is 9.39. The van der Waals surface area contributed by atoms with Gasteiger partial charge in [-0.25, -0.2) is 0 Å². The Hall–Kier alpha value is -0.530. The Morgan fingerprint density at radius 1 is 1.14 bits per heavy atom. The van der Waals surface area contributed by atoms with E-state index in [0.717, 1.165) is 25.7 Å². The molecule has 0 saturated carbocycles. The highest BCUT2D eigenvalue weighted by Crippen LogP contribution is 2.07. The maximum absolute atomic E-state index is 11.1. The molecule has 0 aliphatic rings. The Labute approximate surface area is 88.0 Å². The van der Waals surface area contributed by atoms with Crippen molar-refractivity contribution in [2.45, 2.75) is 58.3 Å². The molecule has 0 aromatic heterocycles. The first-order valence-corrected chi connectivity index (χ1v) is 5.76. The Morgan fingerprint density at radius 3 is 2.43 bits per heavy atom. The quantitative estimate of drug-likeness (QED) is 0.419. The lowest BCUT2D eigenvalue weighted by Gasteiger charge is -2.02. The summed E-state index contributed by atoms with van der Waals surface area (Å²) in [5.74, 6) is -0.0380.